The van der Waals surface area contributed by atoms with Crippen LogP contribution in [0.5, 0.6) is 0 Å². The lowest BCUT2D eigenvalue weighted by atomic mass is 10.2. The van der Waals surface area contributed by atoms with Gasteiger partial charge in [-0.05, 0) is 44.9 Å². The van der Waals surface area contributed by atoms with E-state index in [1.54, 1.807) is 23.9 Å². The van der Waals surface area contributed by atoms with Crippen LogP contribution in [-0.4, -0.2) is 30.1 Å². The molecule has 8 heteroatoms. The van der Waals surface area contributed by atoms with Gasteiger partial charge >= 0.3 is 0 Å². The van der Waals surface area contributed by atoms with Crippen LogP contribution in [-0.2, 0) is 17.1 Å². The van der Waals surface area contributed by atoms with E-state index in [4.69, 9.17) is 0 Å². The Morgan fingerprint density at radius 1 is 1.23 bits per heavy atom. The van der Waals surface area contributed by atoms with E-state index in [9.17, 15) is 13.2 Å². The van der Waals surface area contributed by atoms with Crippen LogP contribution in [0.2, 0.25) is 0 Å². The number of aryl methyl sites for hydroxylation is 2. The largest absolute Gasteiger partial charge is 0.319 e. The summed E-state index contributed by atoms with van der Waals surface area (Å²) in [4.78, 5) is 12.7. The first-order chi connectivity index (χ1) is 12.3. The van der Waals surface area contributed by atoms with Gasteiger partial charge in [0, 0.05) is 18.7 Å². The molecule has 1 saturated carbocycles. The van der Waals surface area contributed by atoms with Crippen molar-refractivity contribution in [2.24, 2.45) is 7.05 Å². The van der Waals surface area contributed by atoms with Gasteiger partial charge < -0.3 is 5.32 Å². The van der Waals surface area contributed by atoms with Crippen LogP contribution in [0.15, 0.2) is 29.2 Å². The number of amides is 1. The molecule has 1 heterocycles. The van der Waals surface area contributed by atoms with Crippen LogP contribution in [0.4, 0.5) is 5.69 Å². The number of carbonyl (C=O) groups is 1. The van der Waals surface area contributed by atoms with Crippen LogP contribution in [0, 0.1) is 13.8 Å². The molecule has 1 amide bonds. The average molecular weight is 376 g/mol. The molecule has 0 aliphatic heterocycles. The van der Waals surface area contributed by atoms with Crippen LogP contribution in [0.1, 0.15) is 47.4 Å². The predicted molar refractivity (Wildman–Crippen MR) is 99.7 cm³/mol. The van der Waals surface area contributed by atoms with Gasteiger partial charge in [-0.15, -0.1) is 0 Å². The Kier molecular flexibility index (Phi) is 5.15. The third-order valence-corrected chi connectivity index (χ3v) is 6.35. The summed E-state index contributed by atoms with van der Waals surface area (Å²) >= 11 is 0. The summed E-state index contributed by atoms with van der Waals surface area (Å²) in [7, 11) is -1.83. The number of rotatable bonds is 5. The van der Waals surface area contributed by atoms with E-state index < -0.39 is 10.0 Å². The van der Waals surface area contributed by atoms with Gasteiger partial charge in [0.25, 0.3) is 5.91 Å². The van der Waals surface area contributed by atoms with Gasteiger partial charge in [-0.2, -0.15) is 5.10 Å². The van der Waals surface area contributed by atoms with Gasteiger partial charge in [0.1, 0.15) is 0 Å². The highest BCUT2D eigenvalue weighted by Crippen LogP contribution is 2.22. The Hall–Kier alpha value is -2.19. The van der Waals surface area contributed by atoms with Crippen molar-refractivity contribution in [1.29, 1.82) is 0 Å². The molecule has 0 saturated heterocycles. The molecule has 0 radical (unpaired) electrons. The number of anilines is 1. The smallest absolute Gasteiger partial charge is 0.255 e. The van der Waals surface area contributed by atoms with E-state index in [-0.39, 0.29) is 16.8 Å². The quantitative estimate of drug-likeness (QED) is 0.838. The highest BCUT2D eigenvalue weighted by atomic mass is 32.2. The molecular formula is C18H24N4O3S. The van der Waals surface area contributed by atoms with Crippen molar-refractivity contribution in [2.75, 3.05) is 5.32 Å². The number of nitrogens with zero attached hydrogens (tertiary/aromatic N) is 2. The molecular weight excluding hydrogens is 352 g/mol. The summed E-state index contributed by atoms with van der Waals surface area (Å²) in [5, 5.41) is 7.10. The molecule has 1 fully saturated rings. The fraction of sp³-hybridized carbons (Fsp3) is 0.444. The Morgan fingerprint density at radius 3 is 2.54 bits per heavy atom. The summed E-state index contributed by atoms with van der Waals surface area (Å²) in [6.07, 6.45) is 3.80. The number of aromatic nitrogens is 2. The third-order valence-electron chi connectivity index (χ3n) is 4.83. The molecule has 26 heavy (non-hydrogen) atoms. The summed E-state index contributed by atoms with van der Waals surface area (Å²) < 4.78 is 29.6. The molecule has 0 bridgehead atoms. The Balaban J connectivity index is 1.81. The van der Waals surface area contributed by atoms with E-state index in [0.717, 1.165) is 31.4 Å². The average Bonchev–Trinajstić information content (AvgIpc) is 3.18. The lowest BCUT2D eigenvalue weighted by Gasteiger charge is -2.13. The first-order valence-electron chi connectivity index (χ1n) is 8.72. The van der Waals surface area contributed by atoms with Gasteiger partial charge in [0.2, 0.25) is 10.0 Å². The number of nitrogens with one attached hydrogen (secondary N) is 2. The summed E-state index contributed by atoms with van der Waals surface area (Å²) in [6, 6.07) is 6.09. The first kappa shape index (κ1) is 18.6. The molecule has 140 valence electrons. The van der Waals surface area contributed by atoms with Crippen molar-refractivity contribution in [3.8, 4) is 0 Å². The molecule has 0 spiro atoms. The fourth-order valence-corrected chi connectivity index (χ4v) is 4.63. The van der Waals surface area contributed by atoms with Crippen molar-refractivity contribution >= 4 is 21.6 Å². The van der Waals surface area contributed by atoms with Gasteiger partial charge in [0.15, 0.2) is 0 Å². The topological polar surface area (TPSA) is 93.1 Å². The van der Waals surface area contributed by atoms with E-state index >= 15 is 0 Å². The molecule has 1 aromatic heterocycles. The van der Waals surface area contributed by atoms with Gasteiger partial charge in [0.05, 0.1) is 22.0 Å². The number of sulfonamides is 1. The second-order valence-electron chi connectivity index (χ2n) is 6.75. The van der Waals surface area contributed by atoms with E-state index in [1.807, 2.05) is 13.8 Å². The predicted octanol–water partition coefficient (Wildman–Crippen LogP) is 2.51. The molecule has 0 atom stereocenters. The molecule has 1 aliphatic carbocycles. The van der Waals surface area contributed by atoms with Crippen molar-refractivity contribution in [1.82, 2.24) is 14.5 Å². The van der Waals surface area contributed by atoms with E-state index in [2.05, 4.69) is 15.1 Å². The number of hydrogen-bond acceptors (Lipinski definition) is 4. The minimum absolute atomic E-state index is 0.0156. The second kappa shape index (κ2) is 7.20. The molecule has 0 unspecified atom stereocenters. The normalized spacial score (nSPS) is 15.3. The van der Waals surface area contributed by atoms with Crippen molar-refractivity contribution in [3.63, 3.8) is 0 Å². The zero-order chi connectivity index (χ0) is 18.9. The summed E-state index contributed by atoms with van der Waals surface area (Å²) in [6.45, 7) is 3.68. The monoisotopic (exact) mass is 376 g/mol. The molecule has 7 nitrogen and oxygen atoms in total. The van der Waals surface area contributed by atoms with Crippen LogP contribution in [0.3, 0.4) is 0 Å². The van der Waals surface area contributed by atoms with E-state index in [1.165, 1.54) is 12.1 Å². The number of benzene rings is 1. The Bertz CT molecular complexity index is 928. The molecule has 2 aromatic rings. The highest BCUT2D eigenvalue weighted by molar-refractivity contribution is 7.89. The van der Waals surface area contributed by atoms with Gasteiger partial charge in [-0.25, -0.2) is 13.1 Å². The van der Waals surface area contributed by atoms with Crippen LogP contribution < -0.4 is 10.0 Å². The molecule has 2 N–H and O–H groups in total. The SMILES string of the molecule is Cc1nn(C)c(C)c1NC(=O)c1cccc(S(=O)(=O)NC2CCCC2)c1. The minimum Gasteiger partial charge on any atom is -0.319 e. The second-order valence-corrected chi connectivity index (χ2v) is 8.47. The Labute approximate surface area is 153 Å². The van der Waals surface area contributed by atoms with Crippen molar-refractivity contribution in [2.45, 2.75) is 50.5 Å². The maximum absolute atomic E-state index is 12.6. The van der Waals surface area contributed by atoms with E-state index in [0.29, 0.717) is 16.9 Å². The molecule has 3 rings (SSSR count). The van der Waals surface area contributed by atoms with Crippen molar-refractivity contribution in [3.05, 3.63) is 41.2 Å². The first-order valence-corrected chi connectivity index (χ1v) is 10.2. The highest BCUT2D eigenvalue weighted by Gasteiger charge is 2.23. The molecule has 1 aromatic carbocycles. The van der Waals surface area contributed by atoms with Gasteiger partial charge in [-0.1, -0.05) is 18.9 Å². The van der Waals surface area contributed by atoms with Crippen LogP contribution in [0.25, 0.3) is 0 Å². The third kappa shape index (κ3) is 3.81. The lowest BCUT2D eigenvalue weighted by Crippen LogP contribution is -2.32. The maximum atomic E-state index is 12.6. The molecule has 1 aliphatic rings. The zero-order valence-electron chi connectivity index (χ0n) is 15.2. The minimum atomic E-state index is -3.63. The van der Waals surface area contributed by atoms with Crippen LogP contribution >= 0.6 is 0 Å². The van der Waals surface area contributed by atoms with Gasteiger partial charge in [-0.3, -0.25) is 9.48 Å². The zero-order valence-corrected chi connectivity index (χ0v) is 16.1. The fourth-order valence-electron chi connectivity index (χ4n) is 3.28. The lowest BCUT2D eigenvalue weighted by molar-refractivity contribution is 0.102. The maximum Gasteiger partial charge on any atom is 0.255 e. The standard InChI is InChI=1S/C18H24N4O3S/c1-12-17(13(2)22(3)20-12)19-18(23)14-7-6-10-16(11-14)26(24,25)21-15-8-4-5-9-15/h6-7,10-11,15,21H,4-5,8-9H2,1-3H3,(H,19,23). The Morgan fingerprint density at radius 2 is 1.92 bits per heavy atom. The summed E-state index contributed by atoms with van der Waals surface area (Å²) in [5.41, 5.74) is 2.49. The number of carbonyl (C=O) groups excluding carboxylic acids is 1. The summed E-state index contributed by atoms with van der Waals surface area (Å²) in [5.74, 6) is -0.359. The van der Waals surface area contributed by atoms with Crippen molar-refractivity contribution < 1.29 is 13.2 Å². The number of hydrogen-bond donors (Lipinski definition) is 2.